The highest BCUT2D eigenvalue weighted by molar-refractivity contribution is 7.86. The predicted octanol–water partition coefficient (Wildman–Crippen LogP) is 2.42. The van der Waals surface area contributed by atoms with E-state index < -0.39 is 10.2 Å². The van der Waals surface area contributed by atoms with Gasteiger partial charge in [0.15, 0.2) is 0 Å². The summed E-state index contributed by atoms with van der Waals surface area (Å²) >= 11 is 0. The smallest absolute Gasteiger partial charge is 0.282 e. The molecule has 0 spiro atoms. The van der Waals surface area contributed by atoms with Gasteiger partial charge in [-0.15, -0.1) is 0 Å². The van der Waals surface area contributed by atoms with Gasteiger partial charge in [-0.2, -0.15) is 17.0 Å². The molecular formula is C21H27N3O2S. The monoisotopic (exact) mass is 385 g/mol. The van der Waals surface area contributed by atoms with Crippen molar-refractivity contribution in [1.29, 1.82) is 0 Å². The van der Waals surface area contributed by atoms with Gasteiger partial charge in [-0.05, 0) is 30.0 Å². The Bertz CT molecular complexity index is 905. The van der Waals surface area contributed by atoms with E-state index in [-0.39, 0.29) is 0 Å². The maximum Gasteiger partial charge on any atom is 0.282 e. The standard InChI is InChI=1S/C21H27N3O2S/c1-18-5-4-6-19(15-18)16-22-11-13-23(14-12-22)27(25,26)24-10-9-20-7-2-3-8-21(20)17-24/h2-8,15H,9-14,16-17H2,1H3. The van der Waals surface area contributed by atoms with E-state index in [0.29, 0.717) is 26.2 Å². The second kappa shape index (κ2) is 7.72. The van der Waals surface area contributed by atoms with Crippen LogP contribution in [-0.4, -0.2) is 54.7 Å². The van der Waals surface area contributed by atoms with E-state index in [1.54, 1.807) is 8.61 Å². The average molecular weight is 386 g/mol. The molecule has 0 saturated carbocycles. The van der Waals surface area contributed by atoms with Crippen LogP contribution in [0.3, 0.4) is 0 Å². The second-order valence-electron chi connectivity index (χ2n) is 7.52. The molecule has 144 valence electrons. The van der Waals surface area contributed by atoms with E-state index in [2.05, 4.69) is 42.2 Å². The third-order valence-corrected chi connectivity index (χ3v) is 7.55. The second-order valence-corrected chi connectivity index (χ2v) is 9.45. The van der Waals surface area contributed by atoms with Gasteiger partial charge < -0.3 is 0 Å². The minimum absolute atomic E-state index is 0.488. The number of aryl methyl sites for hydroxylation is 1. The molecule has 0 unspecified atom stereocenters. The van der Waals surface area contributed by atoms with Crippen LogP contribution in [0.2, 0.25) is 0 Å². The predicted molar refractivity (Wildman–Crippen MR) is 108 cm³/mol. The largest absolute Gasteiger partial charge is 0.296 e. The van der Waals surface area contributed by atoms with E-state index in [4.69, 9.17) is 0 Å². The Hall–Kier alpha value is -1.73. The molecule has 2 aliphatic heterocycles. The van der Waals surface area contributed by atoms with Crippen molar-refractivity contribution in [3.8, 4) is 0 Å². The van der Waals surface area contributed by atoms with Crippen LogP contribution >= 0.6 is 0 Å². The van der Waals surface area contributed by atoms with Gasteiger partial charge in [0.2, 0.25) is 0 Å². The lowest BCUT2D eigenvalue weighted by atomic mass is 10.0. The molecule has 2 heterocycles. The van der Waals surface area contributed by atoms with Crippen molar-refractivity contribution in [3.63, 3.8) is 0 Å². The van der Waals surface area contributed by atoms with Crippen molar-refractivity contribution >= 4 is 10.2 Å². The third kappa shape index (κ3) is 4.09. The molecule has 2 aliphatic rings. The average Bonchev–Trinajstić information content (AvgIpc) is 2.68. The van der Waals surface area contributed by atoms with Gasteiger partial charge in [-0.3, -0.25) is 4.90 Å². The maximum atomic E-state index is 13.1. The molecule has 2 aromatic rings. The zero-order chi connectivity index (χ0) is 18.9. The minimum Gasteiger partial charge on any atom is -0.296 e. The fraction of sp³-hybridized carbons (Fsp3) is 0.429. The highest BCUT2D eigenvalue weighted by Gasteiger charge is 2.34. The van der Waals surface area contributed by atoms with E-state index in [0.717, 1.165) is 31.6 Å². The molecule has 0 amide bonds. The van der Waals surface area contributed by atoms with Crippen molar-refractivity contribution < 1.29 is 8.42 Å². The minimum atomic E-state index is -3.39. The lowest BCUT2D eigenvalue weighted by molar-refractivity contribution is 0.173. The first-order valence-corrected chi connectivity index (χ1v) is 11.0. The molecular weight excluding hydrogens is 358 g/mol. The SMILES string of the molecule is Cc1cccc(CN2CCN(S(=O)(=O)N3CCc4ccccc4C3)CC2)c1. The summed E-state index contributed by atoms with van der Waals surface area (Å²) in [6, 6.07) is 16.7. The molecule has 0 aliphatic carbocycles. The zero-order valence-corrected chi connectivity index (χ0v) is 16.7. The van der Waals surface area contributed by atoms with Crippen molar-refractivity contribution in [3.05, 3.63) is 70.8 Å². The Labute approximate surface area is 162 Å². The molecule has 0 bridgehead atoms. The Morgan fingerprint density at radius 2 is 1.59 bits per heavy atom. The summed E-state index contributed by atoms with van der Waals surface area (Å²) in [7, 11) is -3.39. The van der Waals surface area contributed by atoms with Crippen molar-refractivity contribution in [2.45, 2.75) is 26.4 Å². The Kier molecular flexibility index (Phi) is 5.32. The number of fused-ring (bicyclic) bond motifs is 1. The first-order valence-electron chi connectivity index (χ1n) is 9.62. The zero-order valence-electron chi connectivity index (χ0n) is 15.8. The van der Waals surface area contributed by atoms with Crippen LogP contribution < -0.4 is 0 Å². The van der Waals surface area contributed by atoms with Gasteiger partial charge in [-0.1, -0.05) is 54.1 Å². The van der Waals surface area contributed by atoms with Crippen LogP contribution in [0.4, 0.5) is 0 Å². The van der Waals surface area contributed by atoms with Crippen LogP contribution in [0.1, 0.15) is 22.3 Å². The topological polar surface area (TPSA) is 43.9 Å². The summed E-state index contributed by atoms with van der Waals surface area (Å²) in [6.07, 6.45) is 0.794. The summed E-state index contributed by atoms with van der Waals surface area (Å²) < 4.78 is 29.5. The van der Waals surface area contributed by atoms with E-state index in [1.165, 1.54) is 16.7 Å². The molecule has 0 radical (unpaired) electrons. The van der Waals surface area contributed by atoms with Gasteiger partial charge in [0.1, 0.15) is 0 Å². The molecule has 1 fully saturated rings. The van der Waals surface area contributed by atoms with Gasteiger partial charge >= 0.3 is 0 Å². The van der Waals surface area contributed by atoms with Crippen LogP contribution in [0.5, 0.6) is 0 Å². The van der Waals surface area contributed by atoms with Gasteiger partial charge in [-0.25, -0.2) is 0 Å². The number of hydrogen-bond acceptors (Lipinski definition) is 3. The summed E-state index contributed by atoms with van der Waals surface area (Å²) in [5.74, 6) is 0. The van der Waals surface area contributed by atoms with Crippen LogP contribution in [0.15, 0.2) is 48.5 Å². The van der Waals surface area contributed by atoms with E-state index >= 15 is 0 Å². The lowest BCUT2D eigenvalue weighted by Gasteiger charge is -2.38. The number of rotatable bonds is 4. The number of piperazine rings is 1. The normalized spacial score (nSPS) is 19.7. The molecule has 0 aromatic heterocycles. The fourth-order valence-corrected chi connectivity index (χ4v) is 5.59. The van der Waals surface area contributed by atoms with Gasteiger partial charge in [0, 0.05) is 45.8 Å². The van der Waals surface area contributed by atoms with E-state index in [9.17, 15) is 8.42 Å². The first-order chi connectivity index (χ1) is 13.0. The third-order valence-electron chi connectivity index (χ3n) is 5.57. The van der Waals surface area contributed by atoms with Crippen molar-refractivity contribution in [2.24, 2.45) is 0 Å². The molecule has 6 heteroatoms. The van der Waals surface area contributed by atoms with Crippen molar-refractivity contribution in [2.75, 3.05) is 32.7 Å². The van der Waals surface area contributed by atoms with Crippen molar-refractivity contribution in [1.82, 2.24) is 13.5 Å². The quantitative estimate of drug-likeness (QED) is 0.812. The fourth-order valence-electron chi connectivity index (χ4n) is 4.02. The summed E-state index contributed by atoms with van der Waals surface area (Å²) in [4.78, 5) is 2.34. The number of hydrogen-bond donors (Lipinski definition) is 0. The van der Waals surface area contributed by atoms with Crippen LogP contribution in [0.25, 0.3) is 0 Å². The van der Waals surface area contributed by atoms with E-state index in [1.807, 2.05) is 18.2 Å². The Balaban J connectivity index is 1.37. The van der Waals surface area contributed by atoms with Crippen LogP contribution in [0, 0.1) is 6.92 Å². The number of nitrogens with zero attached hydrogens (tertiary/aromatic N) is 3. The molecule has 27 heavy (non-hydrogen) atoms. The molecule has 1 saturated heterocycles. The first kappa shape index (κ1) is 18.6. The van der Waals surface area contributed by atoms with Gasteiger partial charge in [0.25, 0.3) is 10.2 Å². The molecule has 2 aromatic carbocycles. The highest BCUT2D eigenvalue weighted by atomic mass is 32.2. The Morgan fingerprint density at radius 1 is 0.852 bits per heavy atom. The Morgan fingerprint density at radius 3 is 2.33 bits per heavy atom. The maximum absolute atomic E-state index is 13.1. The molecule has 4 rings (SSSR count). The molecule has 5 nitrogen and oxygen atoms in total. The summed E-state index contributed by atoms with van der Waals surface area (Å²) in [6.45, 7) is 6.72. The number of benzene rings is 2. The highest BCUT2D eigenvalue weighted by Crippen LogP contribution is 2.23. The summed E-state index contributed by atoms with van der Waals surface area (Å²) in [5, 5.41) is 0. The van der Waals surface area contributed by atoms with Crippen LogP contribution in [-0.2, 0) is 29.7 Å². The molecule has 0 N–H and O–H groups in total. The van der Waals surface area contributed by atoms with Gasteiger partial charge in [0.05, 0.1) is 0 Å². The lowest BCUT2D eigenvalue weighted by Crippen LogP contribution is -2.53. The summed E-state index contributed by atoms with van der Waals surface area (Å²) in [5.41, 5.74) is 4.95. The molecule has 0 atom stereocenters.